The standard InChI is InChI=1S/C14H21N3O2/c1-4-11-7-5-6-8-17(11)14(19)12-9(2)15-10(3)16-13(12)18/h11H,4-8H2,1-3H3,(H,15,16,18). The molecule has 0 bridgehead atoms. The molecule has 1 atom stereocenters. The van der Waals surface area contributed by atoms with E-state index in [1.54, 1.807) is 13.8 Å². The highest BCUT2D eigenvalue weighted by molar-refractivity contribution is 5.95. The minimum absolute atomic E-state index is 0.169. The Bertz CT molecular complexity index is 536. The minimum atomic E-state index is -0.324. The number of piperidine rings is 1. The number of H-pyrrole nitrogens is 1. The first-order valence-corrected chi connectivity index (χ1v) is 6.93. The monoisotopic (exact) mass is 263 g/mol. The van der Waals surface area contributed by atoms with Gasteiger partial charge < -0.3 is 9.88 Å². The molecule has 0 aromatic carbocycles. The number of hydrogen-bond donors (Lipinski definition) is 1. The lowest BCUT2D eigenvalue weighted by Gasteiger charge is -2.35. The van der Waals surface area contributed by atoms with Gasteiger partial charge in [-0.15, -0.1) is 0 Å². The molecular weight excluding hydrogens is 242 g/mol. The second kappa shape index (κ2) is 5.55. The van der Waals surface area contributed by atoms with Crippen LogP contribution in [0.5, 0.6) is 0 Å². The molecule has 0 aliphatic carbocycles. The number of aryl methyl sites for hydroxylation is 2. The number of carbonyl (C=O) groups is 1. The van der Waals surface area contributed by atoms with Crippen LogP contribution < -0.4 is 5.56 Å². The molecule has 1 unspecified atom stereocenters. The average Bonchev–Trinajstić information content (AvgIpc) is 2.37. The third-order valence-electron chi connectivity index (χ3n) is 3.79. The van der Waals surface area contributed by atoms with Crippen LogP contribution in [0.15, 0.2) is 4.79 Å². The number of aromatic nitrogens is 2. The van der Waals surface area contributed by atoms with Crippen LogP contribution >= 0.6 is 0 Å². The van der Waals surface area contributed by atoms with Gasteiger partial charge in [-0.05, 0) is 39.5 Å². The molecule has 104 valence electrons. The van der Waals surface area contributed by atoms with Gasteiger partial charge in [-0.3, -0.25) is 9.59 Å². The van der Waals surface area contributed by atoms with Crippen LogP contribution in [-0.4, -0.2) is 33.4 Å². The van der Waals surface area contributed by atoms with E-state index in [1.807, 2.05) is 4.90 Å². The maximum absolute atomic E-state index is 12.6. The van der Waals surface area contributed by atoms with Gasteiger partial charge in [-0.2, -0.15) is 0 Å². The number of nitrogens with one attached hydrogen (secondary N) is 1. The summed E-state index contributed by atoms with van der Waals surface area (Å²) in [5.74, 6) is 0.377. The summed E-state index contributed by atoms with van der Waals surface area (Å²) in [6.07, 6.45) is 4.13. The fourth-order valence-electron chi connectivity index (χ4n) is 2.81. The first-order valence-electron chi connectivity index (χ1n) is 6.93. The van der Waals surface area contributed by atoms with Gasteiger partial charge in [0.25, 0.3) is 11.5 Å². The Morgan fingerprint density at radius 2 is 2.16 bits per heavy atom. The SMILES string of the molecule is CCC1CCCCN1C(=O)c1c(C)nc(C)[nH]c1=O. The van der Waals surface area contributed by atoms with Crippen molar-refractivity contribution in [3.63, 3.8) is 0 Å². The summed E-state index contributed by atoms with van der Waals surface area (Å²) in [5.41, 5.74) is 0.396. The first kappa shape index (κ1) is 13.8. The average molecular weight is 263 g/mol. The maximum atomic E-state index is 12.6. The van der Waals surface area contributed by atoms with Crippen molar-refractivity contribution in [1.29, 1.82) is 0 Å². The molecule has 5 heteroatoms. The summed E-state index contributed by atoms with van der Waals surface area (Å²) >= 11 is 0. The molecule has 1 saturated heterocycles. The molecule has 2 heterocycles. The Kier molecular flexibility index (Phi) is 4.02. The van der Waals surface area contributed by atoms with Crippen LogP contribution in [0.25, 0.3) is 0 Å². The molecule has 1 N–H and O–H groups in total. The fourth-order valence-corrected chi connectivity index (χ4v) is 2.81. The number of likely N-dealkylation sites (tertiary alicyclic amines) is 1. The van der Waals surface area contributed by atoms with E-state index in [0.29, 0.717) is 11.5 Å². The van der Waals surface area contributed by atoms with E-state index >= 15 is 0 Å². The van der Waals surface area contributed by atoms with Gasteiger partial charge in [-0.1, -0.05) is 6.92 Å². The second-order valence-corrected chi connectivity index (χ2v) is 5.17. The van der Waals surface area contributed by atoms with E-state index in [1.165, 1.54) is 0 Å². The lowest BCUT2D eigenvalue weighted by atomic mass is 9.99. The van der Waals surface area contributed by atoms with Crippen LogP contribution in [0, 0.1) is 13.8 Å². The zero-order valence-corrected chi connectivity index (χ0v) is 11.8. The summed E-state index contributed by atoms with van der Waals surface area (Å²) < 4.78 is 0. The van der Waals surface area contributed by atoms with Crippen molar-refractivity contribution in [1.82, 2.24) is 14.9 Å². The van der Waals surface area contributed by atoms with E-state index in [9.17, 15) is 9.59 Å². The van der Waals surface area contributed by atoms with E-state index in [0.717, 1.165) is 32.2 Å². The molecule has 5 nitrogen and oxygen atoms in total. The lowest BCUT2D eigenvalue weighted by molar-refractivity contribution is 0.0604. The van der Waals surface area contributed by atoms with Crippen LogP contribution in [0.4, 0.5) is 0 Å². The Morgan fingerprint density at radius 1 is 1.42 bits per heavy atom. The molecule has 0 spiro atoms. The van der Waals surface area contributed by atoms with E-state index < -0.39 is 0 Å². The normalized spacial score (nSPS) is 19.5. The van der Waals surface area contributed by atoms with Crippen LogP contribution in [0.1, 0.15) is 54.5 Å². The van der Waals surface area contributed by atoms with Crippen molar-refractivity contribution in [2.75, 3.05) is 6.54 Å². The van der Waals surface area contributed by atoms with Gasteiger partial charge in [0.2, 0.25) is 0 Å². The van der Waals surface area contributed by atoms with Crippen molar-refractivity contribution < 1.29 is 4.79 Å². The number of carbonyl (C=O) groups excluding carboxylic acids is 1. The van der Waals surface area contributed by atoms with Crippen LogP contribution in [0.2, 0.25) is 0 Å². The first-order chi connectivity index (χ1) is 9.04. The number of amides is 1. The predicted octanol–water partition coefficient (Wildman–Crippen LogP) is 1.79. The van der Waals surface area contributed by atoms with Gasteiger partial charge in [0.1, 0.15) is 11.4 Å². The molecular formula is C14H21N3O2. The highest BCUT2D eigenvalue weighted by Crippen LogP contribution is 2.21. The molecule has 19 heavy (non-hydrogen) atoms. The molecule has 1 aromatic rings. The molecule has 1 aliphatic heterocycles. The van der Waals surface area contributed by atoms with Crippen LogP contribution in [0.3, 0.4) is 0 Å². The number of rotatable bonds is 2. The van der Waals surface area contributed by atoms with Gasteiger partial charge in [-0.25, -0.2) is 4.98 Å². The molecule has 1 amide bonds. The molecule has 1 fully saturated rings. The second-order valence-electron chi connectivity index (χ2n) is 5.17. The van der Waals surface area contributed by atoms with E-state index in [-0.39, 0.29) is 23.1 Å². The molecule has 0 radical (unpaired) electrons. The van der Waals surface area contributed by atoms with Crippen LogP contribution in [-0.2, 0) is 0 Å². The Morgan fingerprint density at radius 3 is 2.79 bits per heavy atom. The Hall–Kier alpha value is -1.65. The van der Waals surface area contributed by atoms with Gasteiger partial charge >= 0.3 is 0 Å². The highest BCUT2D eigenvalue weighted by atomic mass is 16.2. The predicted molar refractivity (Wildman–Crippen MR) is 73.3 cm³/mol. The molecule has 1 aliphatic rings. The number of hydrogen-bond acceptors (Lipinski definition) is 3. The van der Waals surface area contributed by atoms with Crippen molar-refractivity contribution in [2.45, 2.75) is 52.5 Å². The number of aromatic amines is 1. The molecule has 1 aromatic heterocycles. The van der Waals surface area contributed by atoms with E-state index in [4.69, 9.17) is 0 Å². The summed E-state index contributed by atoms with van der Waals surface area (Å²) in [4.78, 5) is 33.2. The Labute approximate surface area is 113 Å². The summed E-state index contributed by atoms with van der Waals surface area (Å²) in [5, 5.41) is 0. The van der Waals surface area contributed by atoms with Gasteiger partial charge in [0.15, 0.2) is 0 Å². The minimum Gasteiger partial charge on any atom is -0.335 e. The van der Waals surface area contributed by atoms with E-state index in [2.05, 4.69) is 16.9 Å². The Balaban J connectivity index is 2.36. The quantitative estimate of drug-likeness (QED) is 0.884. The zero-order chi connectivity index (χ0) is 14.0. The smallest absolute Gasteiger partial charge is 0.264 e. The highest BCUT2D eigenvalue weighted by Gasteiger charge is 2.29. The zero-order valence-electron chi connectivity index (χ0n) is 11.8. The topological polar surface area (TPSA) is 66.1 Å². The summed E-state index contributed by atoms with van der Waals surface area (Å²) in [6.45, 7) is 6.27. The number of nitrogens with zero attached hydrogens (tertiary/aromatic N) is 2. The van der Waals surface area contributed by atoms with Crippen molar-refractivity contribution in [3.8, 4) is 0 Å². The van der Waals surface area contributed by atoms with Crippen molar-refractivity contribution in [2.24, 2.45) is 0 Å². The largest absolute Gasteiger partial charge is 0.335 e. The molecule has 0 saturated carbocycles. The summed E-state index contributed by atoms with van der Waals surface area (Å²) in [7, 11) is 0. The van der Waals surface area contributed by atoms with Gasteiger partial charge in [0, 0.05) is 12.6 Å². The maximum Gasteiger partial charge on any atom is 0.264 e. The third kappa shape index (κ3) is 2.69. The lowest BCUT2D eigenvalue weighted by Crippen LogP contribution is -2.45. The third-order valence-corrected chi connectivity index (χ3v) is 3.79. The molecule has 2 rings (SSSR count). The van der Waals surface area contributed by atoms with Gasteiger partial charge in [0.05, 0.1) is 5.69 Å². The van der Waals surface area contributed by atoms with Crippen molar-refractivity contribution in [3.05, 3.63) is 27.4 Å². The summed E-state index contributed by atoms with van der Waals surface area (Å²) in [6, 6.07) is 0.251. The fraction of sp³-hybridized carbons (Fsp3) is 0.643. The van der Waals surface area contributed by atoms with Crippen molar-refractivity contribution >= 4 is 5.91 Å².